The molecule has 1 aliphatic heterocycles. The molecule has 0 spiro atoms. The zero-order valence-corrected chi connectivity index (χ0v) is 12.8. The molecule has 0 aromatic heterocycles. The molecule has 124 valence electrons. The molecule has 0 aliphatic carbocycles. The van der Waals surface area contributed by atoms with Crippen LogP contribution in [0.2, 0.25) is 0 Å². The molecule has 3 N–H and O–H groups in total. The van der Waals surface area contributed by atoms with E-state index in [0.717, 1.165) is 0 Å². The molecule has 2 atom stereocenters. The number of amides is 1. The predicted molar refractivity (Wildman–Crippen MR) is 79.6 cm³/mol. The highest BCUT2D eigenvalue weighted by Crippen LogP contribution is 2.26. The minimum absolute atomic E-state index is 0. The van der Waals surface area contributed by atoms with Crippen molar-refractivity contribution in [3.63, 3.8) is 0 Å². The molecule has 0 radical (unpaired) electrons. The van der Waals surface area contributed by atoms with Crippen LogP contribution in [0.25, 0.3) is 0 Å². The lowest BCUT2D eigenvalue weighted by atomic mass is 10.1. The van der Waals surface area contributed by atoms with Gasteiger partial charge in [-0.15, -0.1) is 12.4 Å². The van der Waals surface area contributed by atoms with Gasteiger partial charge >= 0.3 is 0 Å². The molecular formula is C14H19ClF2N2O3. The van der Waals surface area contributed by atoms with Crippen molar-refractivity contribution in [3.8, 4) is 5.75 Å². The van der Waals surface area contributed by atoms with Gasteiger partial charge in [0.15, 0.2) is 0 Å². The average Bonchev–Trinajstić information content (AvgIpc) is 2.84. The van der Waals surface area contributed by atoms with Crippen molar-refractivity contribution in [2.24, 2.45) is 0 Å². The second-order valence-corrected chi connectivity index (χ2v) is 5.00. The Morgan fingerprint density at radius 2 is 2.23 bits per heavy atom. The van der Waals surface area contributed by atoms with Crippen LogP contribution in [0.15, 0.2) is 24.3 Å². The lowest BCUT2D eigenvalue weighted by Crippen LogP contribution is -2.41. The molecule has 1 aromatic carbocycles. The Morgan fingerprint density at radius 1 is 1.55 bits per heavy atom. The predicted octanol–water partition coefficient (Wildman–Crippen LogP) is 1.26. The summed E-state index contributed by atoms with van der Waals surface area (Å²) in [6, 6.07) is 5.95. The Kier molecular flexibility index (Phi) is 6.52. The van der Waals surface area contributed by atoms with Gasteiger partial charge in [-0.3, -0.25) is 10.1 Å². The van der Waals surface area contributed by atoms with Gasteiger partial charge in [-0.1, -0.05) is 18.2 Å². The quantitative estimate of drug-likeness (QED) is 0.757. The molecule has 5 nitrogen and oxygen atoms in total. The van der Waals surface area contributed by atoms with Gasteiger partial charge in [0.2, 0.25) is 5.91 Å². The van der Waals surface area contributed by atoms with Crippen molar-refractivity contribution in [1.82, 2.24) is 10.6 Å². The van der Waals surface area contributed by atoms with Gasteiger partial charge < -0.3 is 15.2 Å². The fourth-order valence-corrected chi connectivity index (χ4v) is 2.27. The summed E-state index contributed by atoms with van der Waals surface area (Å²) in [5.41, 5.74) is 0.532. The maximum absolute atomic E-state index is 13.0. The number of methoxy groups -OCH3 is 1. The smallest absolute Gasteiger partial charge is 0.262 e. The zero-order valence-electron chi connectivity index (χ0n) is 12.0. The minimum Gasteiger partial charge on any atom is -0.496 e. The highest BCUT2D eigenvalue weighted by Gasteiger charge is 2.42. The number of alkyl halides is 2. The first kappa shape index (κ1) is 18.6. The molecule has 0 bridgehead atoms. The molecule has 1 aliphatic rings. The SMILES string of the molecule is COc1ccccc1C(O)CNC(=O)C1CC(F)(F)CN1.Cl. The molecule has 22 heavy (non-hydrogen) atoms. The molecule has 2 unspecified atom stereocenters. The lowest BCUT2D eigenvalue weighted by molar-refractivity contribution is -0.123. The number of hydrogen-bond donors (Lipinski definition) is 3. The van der Waals surface area contributed by atoms with Gasteiger partial charge in [0.25, 0.3) is 5.92 Å². The summed E-state index contributed by atoms with van der Waals surface area (Å²) in [6.07, 6.45) is -1.49. The van der Waals surface area contributed by atoms with Crippen LogP contribution < -0.4 is 15.4 Å². The number of aliphatic hydroxyl groups excluding tert-OH is 1. The first-order valence-electron chi connectivity index (χ1n) is 6.63. The van der Waals surface area contributed by atoms with E-state index >= 15 is 0 Å². The number of hydrogen-bond acceptors (Lipinski definition) is 4. The molecular weight excluding hydrogens is 318 g/mol. The van der Waals surface area contributed by atoms with Crippen molar-refractivity contribution in [3.05, 3.63) is 29.8 Å². The molecule has 1 heterocycles. The van der Waals surface area contributed by atoms with E-state index in [1.165, 1.54) is 7.11 Å². The number of carbonyl (C=O) groups is 1. The molecule has 0 saturated carbocycles. The van der Waals surface area contributed by atoms with Crippen LogP contribution in [0.4, 0.5) is 8.78 Å². The summed E-state index contributed by atoms with van der Waals surface area (Å²) in [5, 5.41) is 15.0. The first-order valence-corrected chi connectivity index (χ1v) is 6.63. The number of para-hydroxylation sites is 1. The van der Waals surface area contributed by atoms with Gasteiger partial charge in [0.1, 0.15) is 5.75 Å². The van der Waals surface area contributed by atoms with Crippen molar-refractivity contribution in [2.75, 3.05) is 20.2 Å². The largest absolute Gasteiger partial charge is 0.496 e. The van der Waals surface area contributed by atoms with Crippen molar-refractivity contribution in [2.45, 2.75) is 24.5 Å². The average molecular weight is 337 g/mol. The lowest BCUT2D eigenvalue weighted by Gasteiger charge is -2.17. The van der Waals surface area contributed by atoms with Crippen LogP contribution in [0.3, 0.4) is 0 Å². The van der Waals surface area contributed by atoms with Crippen molar-refractivity contribution in [1.29, 1.82) is 0 Å². The monoisotopic (exact) mass is 336 g/mol. The van der Waals surface area contributed by atoms with Crippen LogP contribution >= 0.6 is 12.4 Å². The Balaban J connectivity index is 0.00000242. The Morgan fingerprint density at radius 3 is 2.82 bits per heavy atom. The van der Waals surface area contributed by atoms with E-state index in [1.807, 2.05) is 0 Å². The molecule has 8 heteroatoms. The normalized spacial score (nSPS) is 20.8. The van der Waals surface area contributed by atoms with Crippen LogP contribution in [0, 0.1) is 0 Å². The van der Waals surface area contributed by atoms with Gasteiger partial charge in [-0.05, 0) is 6.07 Å². The zero-order chi connectivity index (χ0) is 15.5. The number of halogens is 3. The third-order valence-electron chi connectivity index (χ3n) is 3.39. The van der Waals surface area contributed by atoms with E-state index in [-0.39, 0.29) is 19.0 Å². The summed E-state index contributed by atoms with van der Waals surface area (Å²) in [5.74, 6) is -2.89. The second kappa shape index (κ2) is 7.71. The van der Waals surface area contributed by atoms with E-state index in [0.29, 0.717) is 11.3 Å². The highest BCUT2D eigenvalue weighted by atomic mass is 35.5. The van der Waals surface area contributed by atoms with Crippen LogP contribution in [-0.2, 0) is 4.79 Å². The Hall–Kier alpha value is -1.44. The minimum atomic E-state index is -2.86. The van der Waals surface area contributed by atoms with E-state index in [4.69, 9.17) is 4.74 Å². The number of carbonyl (C=O) groups excluding carboxylic acids is 1. The maximum atomic E-state index is 13.0. The third-order valence-corrected chi connectivity index (χ3v) is 3.39. The van der Waals surface area contributed by atoms with Gasteiger partial charge in [-0.25, -0.2) is 8.78 Å². The summed E-state index contributed by atoms with van der Waals surface area (Å²) in [6.45, 7) is -0.566. The highest BCUT2D eigenvalue weighted by molar-refractivity contribution is 5.85. The van der Waals surface area contributed by atoms with Crippen LogP contribution in [0.5, 0.6) is 5.75 Å². The summed E-state index contributed by atoms with van der Waals surface area (Å²) >= 11 is 0. The standard InChI is InChI=1S/C14H18F2N2O3.ClH/c1-21-12-5-3-2-4-9(12)11(19)7-17-13(20)10-6-14(15,16)8-18-10;/h2-5,10-11,18-19H,6-8H2,1H3,(H,17,20);1H. The van der Waals surface area contributed by atoms with Gasteiger partial charge in [0, 0.05) is 18.5 Å². The molecule has 2 rings (SSSR count). The number of rotatable bonds is 5. The third kappa shape index (κ3) is 4.53. The van der Waals surface area contributed by atoms with Crippen LogP contribution in [-0.4, -0.2) is 43.2 Å². The Labute approximate surface area is 133 Å². The van der Waals surface area contributed by atoms with Gasteiger partial charge in [0.05, 0.1) is 25.8 Å². The summed E-state index contributed by atoms with van der Waals surface area (Å²) in [7, 11) is 1.48. The summed E-state index contributed by atoms with van der Waals surface area (Å²) in [4.78, 5) is 11.8. The van der Waals surface area contributed by atoms with E-state index in [1.54, 1.807) is 24.3 Å². The number of nitrogens with one attached hydrogen (secondary N) is 2. The fraction of sp³-hybridized carbons (Fsp3) is 0.500. The topological polar surface area (TPSA) is 70.6 Å². The van der Waals surface area contributed by atoms with E-state index in [2.05, 4.69) is 10.6 Å². The molecule has 1 amide bonds. The maximum Gasteiger partial charge on any atom is 0.262 e. The Bertz CT molecular complexity index is 517. The van der Waals surface area contributed by atoms with Crippen LogP contribution in [0.1, 0.15) is 18.1 Å². The van der Waals surface area contributed by atoms with Crippen molar-refractivity contribution >= 4 is 18.3 Å². The molecule has 1 fully saturated rings. The fourth-order valence-electron chi connectivity index (χ4n) is 2.27. The number of ether oxygens (including phenoxy) is 1. The first-order chi connectivity index (χ1) is 9.93. The molecule has 1 saturated heterocycles. The number of benzene rings is 1. The second-order valence-electron chi connectivity index (χ2n) is 5.00. The van der Waals surface area contributed by atoms with E-state index in [9.17, 15) is 18.7 Å². The molecule has 1 aromatic rings. The van der Waals surface area contributed by atoms with Crippen molar-refractivity contribution < 1.29 is 23.4 Å². The summed E-state index contributed by atoms with van der Waals surface area (Å²) < 4.78 is 31.1. The van der Waals surface area contributed by atoms with E-state index < -0.39 is 36.9 Å². The van der Waals surface area contributed by atoms with Gasteiger partial charge in [-0.2, -0.15) is 0 Å². The number of aliphatic hydroxyl groups is 1.